The Morgan fingerprint density at radius 2 is 2.25 bits per heavy atom. The molecule has 2 aromatic heterocycles. The lowest BCUT2D eigenvalue weighted by Gasteiger charge is -2.00. The predicted molar refractivity (Wildman–Crippen MR) is 66.0 cm³/mol. The number of Topliss-reactive ketones (excluding diaryl/α,β-unsaturated/α-hetero) is 1. The number of carbonyl (C=O) groups excluding carboxylic acids is 1. The normalized spacial score (nSPS) is 10.9. The highest BCUT2D eigenvalue weighted by molar-refractivity contribution is 7.17. The van der Waals surface area contributed by atoms with Gasteiger partial charge in [-0.2, -0.15) is 0 Å². The Hall–Kier alpha value is -1.29. The van der Waals surface area contributed by atoms with E-state index in [0.29, 0.717) is 0 Å². The van der Waals surface area contributed by atoms with Crippen LogP contribution in [0.25, 0.3) is 10.2 Å². The van der Waals surface area contributed by atoms with Crippen LogP contribution in [0.3, 0.4) is 0 Å². The first-order valence-electron chi connectivity index (χ1n) is 5.46. The minimum atomic E-state index is 0.0754. The van der Waals surface area contributed by atoms with Gasteiger partial charge in [0, 0.05) is 5.38 Å². The molecule has 0 aliphatic heterocycles. The van der Waals surface area contributed by atoms with E-state index in [1.165, 1.54) is 0 Å². The van der Waals surface area contributed by atoms with Gasteiger partial charge in [0.15, 0.2) is 5.78 Å². The Morgan fingerprint density at radius 1 is 1.44 bits per heavy atom. The first-order valence-corrected chi connectivity index (χ1v) is 6.34. The zero-order chi connectivity index (χ0) is 11.5. The summed E-state index contributed by atoms with van der Waals surface area (Å²) in [5.41, 5.74) is 2.61. The lowest BCUT2D eigenvalue weighted by molar-refractivity contribution is 0.101. The molecule has 0 saturated heterocycles. The minimum Gasteiger partial charge on any atom is -0.294 e. The molecule has 3 nitrogen and oxygen atoms in total. The van der Waals surface area contributed by atoms with Crippen molar-refractivity contribution >= 4 is 27.3 Å². The molecular weight excluding hydrogens is 220 g/mol. The molecule has 0 radical (unpaired) electrons. The Kier molecular flexibility index (Phi) is 3.29. The number of hydrogen-bond donors (Lipinski definition) is 0. The zero-order valence-corrected chi connectivity index (χ0v) is 10.3. The summed E-state index contributed by atoms with van der Waals surface area (Å²) in [4.78, 5) is 19.9. The van der Waals surface area contributed by atoms with Crippen LogP contribution in [0, 0.1) is 0 Å². The first-order chi connectivity index (χ1) is 7.74. The average molecular weight is 234 g/mol. The molecule has 2 aromatic rings. The SMILES string of the molecule is CCCCc1ncnc2c(C(C)=O)csc12. The summed E-state index contributed by atoms with van der Waals surface area (Å²) in [6.45, 7) is 3.74. The van der Waals surface area contributed by atoms with Gasteiger partial charge in [-0.25, -0.2) is 9.97 Å². The fourth-order valence-corrected chi connectivity index (χ4v) is 2.75. The number of ketones is 1. The monoisotopic (exact) mass is 234 g/mol. The number of nitrogens with zero attached hydrogens (tertiary/aromatic N) is 2. The van der Waals surface area contributed by atoms with E-state index >= 15 is 0 Å². The highest BCUT2D eigenvalue weighted by Crippen LogP contribution is 2.27. The molecule has 0 aromatic carbocycles. The molecule has 0 amide bonds. The highest BCUT2D eigenvalue weighted by atomic mass is 32.1. The second-order valence-corrected chi connectivity index (χ2v) is 4.69. The maximum absolute atomic E-state index is 11.4. The number of carbonyl (C=O) groups is 1. The number of aryl methyl sites for hydroxylation is 1. The molecule has 0 unspecified atom stereocenters. The van der Waals surface area contributed by atoms with Crippen LogP contribution >= 0.6 is 11.3 Å². The molecule has 16 heavy (non-hydrogen) atoms. The van der Waals surface area contributed by atoms with E-state index < -0.39 is 0 Å². The van der Waals surface area contributed by atoms with Crippen molar-refractivity contribution in [3.05, 3.63) is 23.0 Å². The predicted octanol–water partition coefficient (Wildman–Crippen LogP) is 3.24. The van der Waals surface area contributed by atoms with Gasteiger partial charge in [0.1, 0.15) is 6.33 Å². The first kappa shape index (κ1) is 11.2. The third-order valence-corrected chi connectivity index (χ3v) is 3.59. The van der Waals surface area contributed by atoms with E-state index in [1.807, 2.05) is 5.38 Å². The second kappa shape index (κ2) is 4.70. The van der Waals surface area contributed by atoms with Gasteiger partial charge in [0.25, 0.3) is 0 Å². The van der Waals surface area contributed by atoms with E-state index in [0.717, 1.165) is 40.7 Å². The van der Waals surface area contributed by atoms with Crippen LogP contribution < -0.4 is 0 Å². The van der Waals surface area contributed by atoms with Crippen molar-refractivity contribution in [2.24, 2.45) is 0 Å². The van der Waals surface area contributed by atoms with Crippen LogP contribution in [0.5, 0.6) is 0 Å². The van der Waals surface area contributed by atoms with E-state index in [4.69, 9.17) is 0 Å². The van der Waals surface area contributed by atoms with Gasteiger partial charge in [-0.3, -0.25) is 4.79 Å². The molecule has 0 bridgehead atoms. The summed E-state index contributed by atoms with van der Waals surface area (Å²) in [5.74, 6) is 0.0754. The molecular formula is C12H14N2OS. The third kappa shape index (κ3) is 1.97. The fourth-order valence-electron chi connectivity index (χ4n) is 1.67. The van der Waals surface area contributed by atoms with Gasteiger partial charge in [0.05, 0.1) is 21.5 Å². The highest BCUT2D eigenvalue weighted by Gasteiger charge is 2.12. The molecule has 0 aliphatic carbocycles. The summed E-state index contributed by atoms with van der Waals surface area (Å²) in [6.07, 6.45) is 4.80. The largest absolute Gasteiger partial charge is 0.294 e. The van der Waals surface area contributed by atoms with Crippen molar-refractivity contribution in [3.8, 4) is 0 Å². The van der Waals surface area contributed by atoms with E-state index in [-0.39, 0.29) is 5.78 Å². The summed E-state index contributed by atoms with van der Waals surface area (Å²) >= 11 is 1.57. The molecule has 0 N–H and O–H groups in total. The average Bonchev–Trinajstić information content (AvgIpc) is 2.70. The van der Waals surface area contributed by atoms with Crippen molar-refractivity contribution < 1.29 is 4.79 Å². The maximum atomic E-state index is 11.4. The van der Waals surface area contributed by atoms with Crippen molar-refractivity contribution in [3.63, 3.8) is 0 Å². The minimum absolute atomic E-state index is 0.0754. The topological polar surface area (TPSA) is 42.9 Å². The molecule has 2 rings (SSSR count). The quantitative estimate of drug-likeness (QED) is 0.763. The van der Waals surface area contributed by atoms with Crippen LogP contribution in [-0.4, -0.2) is 15.8 Å². The molecule has 84 valence electrons. The number of rotatable bonds is 4. The number of hydrogen-bond acceptors (Lipinski definition) is 4. The van der Waals surface area contributed by atoms with Crippen molar-refractivity contribution in [1.82, 2.24) is 9.97 Å². The van der Waals surface area contributed by atoms with Gasteiger partial charge in [-0.1, -0.05) is 13.3 Å². The van der Waals surface area contributed by atoms with E-state index in [9.17, 15) is 4.79 Å². The Morgan fingerprint density at radius 3 is 2.94 bits per heavy atom. The number of aromatic nitrogens is 2. The number of fused-ring (bicyclic) bond motifs is 1. The Balaban J connectivity index is 2.49. The molecule has 0 atom stereocenters. The van der Waals surface area contributed by atoms with Crippen molar-refractivity contribution in [1.29, 1.82) is 0 Å². The van der Waals surface area contributed by atoms with Gasteiger partial charge >= 0.3 is 0 Å². The van der Waals surface area contributed by atoms with E-state index in [1.54, 1.807) is 24.6 Å². The van der Waals surface area contributed by atoms with Crippen LogP contribution in [-0.2, 0) is 6.42 Å². The second-order valence-electron chi connectivity index (χ2n) is 3.81. The maximum Gasteiger partial charge on any atom is 0.162 e. The van der Waals surface area contributed by atoms with Gasteiger partial charge in [-0.15, -0.1) is 11.3 Å². The smallest absolute Gasteiger partial charge is 0.162 e. The molecule has 0 aliphatic rings. The Bertz CT molecular complexity index is 519. The lowest BCUT2D eigenvalue weighted by atomic mass is 10.1. The standard InChI is InChI=1S/C12H14N2OS/c1-3-4-5-10-12-11(14-7-13-10)9(6-16-12)8(2)15/h6-7H,3-5H2,1-2H3. The van der Waals surface area contributed by atoms with Gasteiger partial charge in [0.2, 0.25) is 0 Å². The van der Waals surface area contributed by atoms with Gasteiger partial charge < -0.3 is 0 Å². The molecule has 4 heteroatoms. The number of unbranched alkanes of at least 4 members (excludes halogenated alkanes) is 1. The van der Waals surface area contributed by atoms with Crippen molar-refractivity contribution in [2.75, 3.05) is 0 Å². The molecule has 0 spiro atoms. The molecule has 0 saturated carbocycles. The van der Waals surface area contributed by atoms with Crippen LogP contribution in [0.2, 0.25) is 0 Å². The summed E-state index contributed by atoms with van der Waals surface area (Å²) in [6, 6.07) is 0. The third-order valence-electron chi connectivity index (χ3n) is 2.57. The summed E-state index contributed by atoms with van der Waals surface area (Å²) in [7, 11) is 0. The lowest BCUT2D eigenvalue weighted by Crippen LogP contribution is -1.95. The van der Waals surface area contributed by atoms with Crippen LogP contribution in [0.15, 0.2) is 11.7 Å². The van der Waals surface area contributed by atoms with Crippen LogP contribution in [0.4, 0.5) is 0 Å². The van der Waals surface area contributed by atoms with Crippen molar-refractivity contribution in [2.45, 2.75) is 33.1 Å². The molecule has 0 fully saturated rings. The van der Waals surface area contributed by atoms with E-state index in [2.05, 4.69) is 16.9 Å². The summed E-state index contributed by atoms with van der Waals surface area (Å²) in [5, 5.41) is 1.89. The Labute approximate surface area is 98.5 Å². The van der Waals surface area contributed by atoms with Crippen LogP contribution in [0.1, 0.15) is 42.7 Å². The molecule has 2 heterocycles. The summed E-state index contributed by atoms with van der Waals surface area (Å²) < 4.78 is 1.07. The van der Waals surface area contributed by atoms with Gasteiger partial charge in [-0.05, 0) is 19.8 Å². The fraction of sp³-hybridized carbons (Fsp3) is 0.417. The number of thiophene rings is 1. The zero-order valence-electron chi connectivity index (χ0n) is 9.49.